The number of thioether (sulfide) groups is 1. The molecule has 1 amide bonds. The van der Waals surface area contributed by atoms with Gasteiger partial charge in [-0.1, -0.05) is 30.0 Å². The molecule has 3 rings (SSSR count). The van der Waals surface area contributed by atoms with Gasteiger partial charge in [-0.2, -0.15) is 5.26 Å². The van der Waals surface area contributed by atoms with Gasteiger partial charge in [-0.25, -0.2) is 0 Å². The van der Waals surface area contributed by atoms with Gasteiger partial charge in [-0.05, 0) is 53.2 Å². The van der Waals surface area contributed by atoms with Crippen LogP contribution in [0.25, 0.3) is 11.5 Å². The van der Waals surface area contributed by atoms with Crippen molar-refractivity contribution in [3.8, 4) is 17.5 Å². The molecule has 0 fully saturated rings. The molecule has 1 aromatic heterocycles. The van der Waals surface area contributed by atoms with Crippen LogP contribution in [0.2, 0.25) is 0 Å². The van der Waals surface area contributed by atoms with Gasteiger partial charge < -0.3 is 9.73 Å². The van der Waals surface area contributed by atoms with E-state index < -0.39 is 5.25 Å². The minimum absolute atomic E-state index is 0.217. The van der Waals surface area contributed by atoms with Crippen molar-refractivity contribution in [2.24, 2.45) is 0 Å². The lowest BCUT2D eigenvalue weighted by molar-refractivity contribution is -0.115. The second-order valence-electron chi connectivity index (χ2n) is 5.29. The third-order valence-electron chi connectivity index (χ3n) is 3.42. The largest absolute Gasteiger partial charge is 0.411 e. The van der Waals surface area contributed by atoms with E-state index >= 15 is 0 Å². The molecule has 0 unspecified atom stereocenters. The average Bonchev–Trinajstić information content (AvgIpc) is 3.10. The van der Waals surface area contributed by atoms with Gasteiger partial charge in [0.15, 0.2) is 0 Å². The van der Waals surface area contributed by atoms with Crippen LogP contribution < -0.4 is 5.32 Å². The summed E-state index contributed by atoms with van der Waals surface area (Å²) in [5, 5.41) is 19.6. The summed E-state index contributed by atoms with van der Waals surface area (Å²) in [6, 6.07) is 16.3. The molecule has 2 aromatic carbocycles. The van der Waals surface area contributed by atoms with Crippen LogP contribution in [0, 0.1) is 11.3 Å². The molecule has 26 heavy (non-hydrogen) atoms. The van der Waals surface area contributed by atoms with Crippen LogP contribution in [-0.4, -0.2) is 21.4 Å². The van der Waals surface area contributed by atoms with Crippen molar-refractivity contribution in [2.45, 2.75) is 17.4 Å². The Morgan fingerprint density at radius 1 is 1.27 bits per heavy atom. The quantitative estimate of drug-likeness (QED) is 0.601. The van der Waals surface area contributed by atoms with Crippen LogP contribution in [-0.2, 0) is 4.79 Å². The third kappa shape index (κ3) is 4.31. The second kappa shape index (κ2) is 8.17. The summed E-state index contributed by atoms with van der Waals surface area (Å²) >= 11 is 4.61. The summed E-state index contributed by atoms with van der Waals surface area (Å²) in [6.45, 7) is 1.75. The van der Waals surface area contributed by atoms with E-state index in [-0.39, 0.29) is 5.91 Å². The fraction of sp³-hybridized carbons (Fsp3) is 0.111. The Kier molecular flexibility index (Phi) is 5.71. The Balaban J connectivity index is 1.66. The standard InChI is InChI=1S/C18H13BrN4O2S/c1-11(16(24)21-13-6-4-5-12(9-13)10-20)26-18-23-22-17(25-18)14-7-2-3-8-15(14)19/h2-9,11H,1H3,(H,21,24)/t11-/m1/s1. The Morgan fingerprint density at radius 2 is 2.08 bits per heavy atom. The number of nitriles is 1. The Hall–Kier alpha value is -2.63. The zero-order valence-electron chi connectivity index (χ0n) is 13.6. The number of carbonyl (C=O) groups excluding carboxylic acids is 1. The van der Waals surface area contributed by atoms with E-state index in [0.717, 1.165) is 10.0 Å². The number of anilines is 1. The number of hydrogen-bond donors (Lipinski definition) is 1. The van der Waals surface area contributed by atoms with Crippen molar-refractivity contribution in [3.63, 3.8) is 0 Å². The first kappa shape index (κ1) is 18.2. The van der Waals surface area contributed by atoms with E-state index in [2.05, 4.69) is 31.4 Å². The zero-order valence-corrected chi connectivity index (χ0v) is 16.0. The van der Waals surface area contributed by atoms with Gasteiger partial charge in [0.05, 0.1) is 22.4 Å². The van der Waals surface area contributed by atoms with Crippen LogP contribution >= 0.6 is 27.7 Å². The van der Waals surface area contributed by atoms with Gasteiger partial charge >= 0.3 is 0 Å². The van der Waals surface area contributed by atoms with Gasteiger partial charge in [0.25, 0.3) is 5.22 Å². The molecule has 8 heteroatoms. The molecule has 130 valence electrons. The van der Waals surface area contributed by atoms with Gasteiger partial charge in [-0.3, -0.25) is 4.79 Å². The number of rotatable bonds is 5. The molecule has 0 bridgehead atoms. The molecule has 0 radical (unpaired) electrons. The number of nitrogens with zero attached hydrogens (tertiary/aromatic N) is 3. The Bertz CT molecular complexity index is 983. The van der Waals surface area contributed by atoms with Crippen LogP contribution in [0.4, 0.5) is 5.69 Å². The predicted octanol–water partition coefficient (Wildman–Crippen LogP) is 4.49. The van der Waals surface area contributed by atoms with E-state index in [0.29, 0.717) is 22.4 Å². The van der Waals surface area contributed by atoms with Crippen molar-refractivity contribution < 1.29 is 9.21 Å². The lowest BCUT2D eigenvalue weighted by Gasteiger charge is -2.09. The third-order valence-corrected chi connectivity index (χ3v) is 5.04. The molecule has 0 saturated carbocycles. The highest BCUT2D eigenvalue weighted by Crippen LogP contribution is 2.30. The summed E-state index contributed by atoms with van der Waals surface area (Å²) in [5.74, 6) is 0.167. The molecule has 1 heterocycles. The van der Waals surface area contributed by atoms with E-state index in [9.17, 15) is 4.79 Å². The number of carbonyl (C=O) groups is 1. The summed E-state index contributed by atoms with van der Waals surface area (Å²) in [5.41, 5.74) is 1.84. The maximum Gasteiger partial charge on any atom is 0.277 e. The maximum atomic E-state index is 12.3. The summed E-state index contributed by atoms with van der Waals surface area (Å²) in [6.07, 6.45) is 0. The average molecular weight is 429 g/mol. The van der Waals surface area contributed by atoms with E-state index in [1.165, 1.54) is 11.8 Å². The van der Waals surface area contributed by atoms with Crippen LogP contribution in [0.3, 0.4) is 0 Å². The lowest BCUT2D eigenvalue weighted by Crippen LogP contribution is -2.22. The summed E-state index contributed by atoms with van der Waals surface area (Å²) in [7, 11) is 0. The predicted molar refractivity (Wildman–Crippen MR) is 103 cm³/mol. The molecule has 0 aliphatic carbocycles. The number of nitrogens with one attached hydrogen (secondary N) is 1. The number of benzene rings is 2. The van der Waals surface area contributed by atoms with E-state index in [1.807, 2.05) is 30.3 Å². The van der Waals surface area contributed by atoms with Gasteiger partial charge in [-0.15, -0.1) is 10.2 Å². The van der Waals surface area contributed by atoms with Crippen LogP contribution in [0.5, 0.6) is 0 Å². The zero-order chi connectivity index (χ0) is 18.5. The highest BCUT2D eigenvalue weighted by molar-refractivity contribution is 9.10. The maximum absolute atomic E-state index is 12.3. The minimum atomic E-state index is -0.451. The van der Waals surface area contributed by atoms with Crippen LogP contribution in [0.1, 0.15) is 12.5 Å². The molecule has 1 atom stereocenters. The van der Waals surface area contributed by atoms with Crippen LogP contribution in [0.15, 0.2) is 62.6 Å². The normalized spacial score (nSPS) is 11.6. The molecule has 0 spiro atoms. The first-order valence-corrected chi connectivity index (χ1v) is 9.30. The highest BCUT2D eigenvalue weighted by atomic mass is 79.9. The van der Waals surface area contributed by atoms with Crippen molar-refractivity contribution in [1.82, 2.24) is 10.2 Å². The second-order valence-corrected chi connectivity index (χ2v) is 7.44. The topological polar surface area (TPSA) is 91.8 Å². The number of aromatic nitrogens is 2. The van der Waals surface area contributed by atoms with E-state index in [1.54, 1.807) is 31.2 Å². The first-order chi connectivity index (χ1) is 12.6. The van der Waals surface area contributed by atoms with Gasteiger partial charge in [0, 0.05) is 10.2 Å². The molecule has 6 nitrogen and oxygen atoms in total. The van der Waals surface area contributed by atoms with Crippen molar-refractivity contribution in [2.75, 3.05) is 5.32 Å². The Morgan fingerprint density at radius 3 is 2.85 bits per heavy atom. The van der Waals surface area contributed by atoms with E-state index in [4.69, 9.17) is 9.68 Å². The van der Waals surface area contributed by atoms with Crippen molar-refractivity contribution in [3.05, 3.63) is 58.6 Å². The summed E-state index contributed by atoms with van der Waals surface area (Å²) < 4.78 is 6.50. The molecular weight excluding hydrogens is 416 g/mol. The molecule has 0 saturated heterocycles. The highest BCUT2D eigenvalue weighted by Gasteiger charge is 2.19. The van der Waals surface area contributed by atoms with Crippen molar-refractivity contribution >= 4 is 39.3 Å². The summed E-state index contributed by atoms with van der Waals surface area (Å²) in [4.78, 5) is 12.3. The SMILES string of the molecule is C[C@@H](Sc1nnc(-c2ccccc2Br)o1)C(=O)Nc1cccc(C#N)c1. The van der Waals surface area contributed by atoms with Crippen molar-refractivity contribution in [1.29, 1.82) is 5.26 Å². The molecule has 0 aliphatic rings. The fourth-order valence-corrected chi connectivity index (χ4v) is 3.25. The number of amides is 1. The molecular formula is C18H13BrN4O2S. The number of hydrogen-bond acceptors (Lipinski definition) is 6. The molecule has 1 N–H and O–H groups in total. The molecule has 3 aromatic rings. The monoisotopic (exact) mass is 428 g/mol. The fourth-order valence-electron chi connectivity index (χ4n) is 2.12. The number of halogens is 1. The Labute approximate surface area is 162 Å². The molecule has 0 aliphatic heterocycles. The minimum Gasteiger partial charge on any atom is -0.411 e. The smallest absolute Gasteiger partial charge is 0.277 e. The van der Waals surface area contributed by atoms with Gasteiger partial charge in [0.2, 0.25) is 11.8 Å². The first-order valence-electron chi connectivity index (χ1n) is 7.63. The van der Waals surface area contributed by atoms with Gasteiger partial charge in [0.1, 0.15) is 0 Å². The lowest BCUT2D eigenvalue weighted by atomic mass is 10.2.